The first-order chi connectivity index (χ1) is 13.1. The summed E-state index contributed by atoms with van der Waals surface area (Å²) in [5, 5.41) is 67.1. The van der Waals surface area contributed by atoms with Crippen molar-refractivity contribution in [3.63, 3.8) is 0 Å². The number of rotatable bonds is 6. The van der Waals surface area contributed by atoms with Gasteiger partial charge in [0.05, 0.1) is 24.2 Å². The molecule has 0 saturated carbocycles. The molecule has 1 unspecified atom stereocenters. The molecule has 0 saturated heterocycles. The molecule has 1 amide bonds. The van der Waals surface area contributed by atoms with Crippen molar-refractivity contribution in [2.24, 2.45) is 0 Å². The molecule has 0 aliphatic rings. The number of aromatic hydroxyl groups is 2. The van der Waals surface area contributed by atoms with Gasteiger partial charge in [-0.15, -0.1) is 0 Å². The molecule has 1 aromatic rings. The first-order valence-electron chi connectivity index (χ1n) is 7.68. The second kappa shape index (κ2) is 9.78. The van der Waals surface area contributed by atoms with Crippen LogP contribution in [-0.4, -0.2) is 67.6 Å². The summed E-state index contributed by atoms with van der Waals surface area (Å²) in [4.78, 5) is 23.2. The van der Waals surface area contributed by atoms with Gasteiger partial charge in [0.25, 0.3) is 5.91 Å². The minimum atomic E-state index is -1.02. The van der Waals surface area contributed by atoms with Gasteiger partial charge in [-0.05, 0) is 6.07 Å². The molecule has 0 aromatic heterocycles. The zero-order chi connectivity index (χ0) is 21.4. The fourth-order valence-corrected chi connectivity index (χ4v) is 1.92. The van der Waals surface area contributed by atoms with Crippen molar-refractivity contribution in [1.82, 2.24) is 4.90 Å². The fourth-order valence-electron chi connectivity index (χ4n) is 1.92. The predicted octanol–water partition coefficient (Wildman–Crippen LogP) is 0.00378. The van der Waals surface area contributed by atoms with Crippen LogP contribution in [0.1, 0.15) is 12.0 Å². The number of benzene rings is 1. The molecule has 5 N–H and O–H groups in total. The number of nitriles is 1. The molecule has 0 radical (unpaired) electrons. The number of carbonyl (C=O) groups excluding carboxylic acids is 1. The van der Waals surface area contributed by atoms with E-state index in [0.717, 1.165) is 11.0 Å². The number of aliphatic hydroxyl groups is 3. The Morgan fingerprint density at radius 2 is 2.00 bits per heavy atom. The van der Waals surface area contributed by atoms with Gasteiger partial charge < -0.3 is 30.4 Å². The van der Waals surface area contributed by atoms with Gasteiger partial charge in [0.1, 0.15) is 11.8 Å². The molecule has 0 heterocycles. The second-order valence-corrected chi connectivity index (χ2v) is 5.51. The lowest BCUT2D eigenvalue weighted by atomic mass is 10.1. The minimum absolute atomic E-state index is 0.0266. The Hall–Kier alpha value is -3.80. The largest absolute Gasteiger partial charge is 0.506 e. The van der Waals surface area contributed by atoms with E-state index in [4.69, 9.17) is 10.2 Å². The van der Waals surface area contributed by atoms with E-state index in [1.54, 1.807) is 0 Å². The summed E-state index contributed by atoms with van der Waals surface area (Å²) in [6, 6.07) is 2.95. The number of hydrogen-bond donors (Lipinski definition) is 5. The Bertz CT molecular complexity index is 907. The number of amides is 1. The molecule has 0 aliphatic carbocycles. The molecule has 1 atom stereocenters. The quantitative estimate of drug-likeness (QED) is 0.0845. The third kappa shape index (κ3) is 5.35. The van der Waals surface area contributed by atoms with E-state index in [1.807, 2.05) is 0 Å². The number of likely N-dealkylation sites (N-methyl/N-ethyl adjacent to an activating group) is 1. The van der Waals surface area contributed by atoms with Gasteiger partial charge in [0.15, 0.2) is 11.3 Å². The van der Waals surface area contributed by atoms with Crippen LogP contribution in [0.4, 0.5) is 5.69 Å². The van der Waals surface area contributed by atoms with E-state index >= 15 is 0 Å². The lowest BCUT2D eigenvalue weighted by molar-refractivity contribution is -0.386. The molecule has 0 spiro atoms. The average Bonchev–Trinajstić information content (AvgIpc) is 2.66. The molecule has 11 nitrogen and oxygen atoms in total. The summed E-state index contributed by atoms with van der Waals surface area (Å²) >= 11 is 0. The van der Waals surface area contributed by atoms with E-state index in [9.17, 15) is 35.5 Å². The van der Waals surface area contributed by atoms with Crippen molar-refractivity contribution < 1.29 is 35.3 Å². The number of nitro groups is 1. The van der Waals surface area contributed by atoms with Gasteiger partial charge in [0, 0.05) is 25.1 Å². The van der Waals surface area contributed by atoms with Crippen LogP contribution >= 0.6 is 0 Å². The van der Waals surface area contributed by atoms with Crippen LogP contribution in [0.25, 0.3) is 5.76 Å². The van der Waals surface area contributed by atoms with E-state index < -0.39 is 57.6 Å². The van der Waals surface area contributed by atoms with Crippen molar-refractivity contribution in [2.45, 2.75) is 12.5 Å². The van der Waals surface area contributed by atoms with E-state index in [-0.39, 0.29) is 13.0 Å². The summed E-state index contributed by atoms with van der Waals surface area (Å²) < 4.78 is 0. The Balaban J connectivity index is 3.17. The highest BCUT2D eigenvalue weighted by molar-refractivity contribution is 6.03. The zero-order valence-electron chi connectivity index (χ0n) is 14.7. The Labute approximate surface area is 159 Å². The Morgan fingerprint density at radius 1 is 1.36 bits per heavy atom. The van der Waals surface area contributed by atoms with Gasteiger partial charge in [-0.25, -0.2) is 0 Å². The van der Waals surface area contributed by atoms with Gasteiger partial charge in [0.2, 0.25) is 5.75 Å². The van der Waals surface area contributed by atoms with E-state index in [2.05, 4.69) is 11.8 Å². The van der Waals surface area contributed by atoms with Crippen molar-refractivity contribution in [3.8, 4) is 29.4 Å². The lowest BCUT2D eigenvalue weighted by Gasteiger charge is -2.14. The number of phenols is 2. The van der Waals surface area contributed by atoms with Crippen molar-refractivity contribution in [1.29, 1.82) is 5.26 Å². The fraction of sp³-hybridized carbons (Fsp3) is 0.294. The molecule has 0 aliphatic heterocycles. The van der Waals surface area contributed by atoms with Crippen LogP contribution < -0.4 is 0 Å². The van der Waals surface area contributed by atoms with Crippen LogP contribution in [0.5, 0.6) is 11.5 Å². The molecule has 1 aromatic carbocycles. The van der Waals surface area contributed by atoms with Crippen LogP contribution in [0.15, 0.2) is 17.7 Å². The monoisotopic (exact) mass is 391 g/mol. The smallest absolute Gasteiger partial charge is 0.315 e. The average molecular weight is 391 g/mol. The molecule has 0 fully saturated rings. The molecule has 0 bridgehead atoms. The van der Waals surface area contributed by atoms with Gasteiger partial charge in [-0.1, -0.05) is 11.8 Å². The highest BCUT2D eigenvalue weighted by Crippen LogP contribution is 2.38. The zero-order valence-corrected chi connectivity index (χ0v) is 14.7. The SMILES string of the molecule is CN(CC#CCC(O)CO)C(=O)/C(C#N)=C(\O)c1cc(O)c(O)c([N+](=O)[O-])c1. The van der Waals surface area contributed by atoms with Crippen LogP contribution in [0, 0.1) is 33.3 Å². The maximum atomic E-state index is 12.3. The first kappa shape index (κ1) is 22.2. The summed E-state index contributed by atoms with van der Waals surface area (Å²) in [5.74, 6) is 1.24. The van der Waals surface area contributed by atoms with Crippen molar-refractivity contribution in [3.05, 3.63) is 33.4 Å². The first-order valence-corrected chi connectivity index (χ1v) is 7.68. The van der Waals surface area contributed by atoms with Crippen molar-refractivity contribution in [2.75, 3.05) is 20.2 Å². The minimum Gasteiger partial charge on any atom is -0.506 e. The van der Waals surface area contributed by atoms with Gasteiger partial charge in [-0.3, -0.25) is 14.9 Å². The standard InChI is InChI=1S/C17H17N3O8/c1-19(5-3-2-4-11(22)9-21)17(26)12(8-18)15(24)10-6-13(20(27)28)16(25)14(23)7-10/h6-7,11,21-25H,4-5,9H2,1H3/b15-12-. The topological polar surface area (TPSA) is 188 Å². The molecular formula is C17H17N3O8. The van der Waals surface area contributed by atoms with Crippen LogP contribution in [0.3, 0.4) is 0 Å². The molecule has 28 heavy (non-hydrogen) atoms. The normalized spacial score (nSPS) is 12.1. The van der Waals surface area contributed by atoms with E-state index in [0.29, 0.717) is 6.07 Å². The third-order valence-corrected chi connectivity index (χ3v) is 3.44. The van der Waals surface area contributed by atoms with Crippen LogP contribution in [-0.2, 0) is 4.79 Å². The summed E-state index contributed by atoms with van der Waals surface area (Å²) in [5.41, 5.74) is -2.11. The number of aliphatic hydroxyl groups excluding tert-OH is 3. The molecular weight excluding hydrogens is 374 g/mol. The Kier molecular flexibility index (Phi) is 7.77. The Morgan fingerprint density at radius 3 is 2.54 bits per heavy atom. The molecule has 1 rings (SSSR count). The highest BCUT2D eigenvalue weighted by atomic mass is 16.6. The summed E-state index contributed by atoms with van der Waals surface area (Å²) in [6.45, 7) is -0.638. The number of hydrogen-bond acceptors (Lipinski definition) is 9. The predicted molar refractivity (Wildman–Crippen MR) is 94.7 cm³/mol. The van der Waals surface area contributed by atoms with E-state index in [1.165, 1.54) is 13.1 Å². The number of carbonyl (C=O) groups is 1. The maximum Gasteiger partial charge on any atom is 0.315 e. The molecule has 148 valence electrons. The molecule has 11 heteroatoms. The number of phenolic OH excluding ortho intramolecular Hbond substituents is 2. The second-order valence-electron chi connectivity index (χ2n) is 5.51. The number of nitrogens with zero attached hydrogens (tertiary/aromatic N) is 3. The highest BCUT2D eigenvalue weighted by Gasteiger charge is 2.24. The van der Waals surface area contributed by atoms with Gasteiger partial charge >= 0.3 is 5.69 Å². The maximum absolute atomic E-state index is 12.3. The third-order valence-electron chi connectivity index (χ3n) is 3.44. The summed E-state index contributed by atoms with van der Waals surface area (Å²) in [6.07, 6.45) is -1.05. The van der Waals surface area contributed by atoms with Crippen molar-refractivity contribution >= 4 is 17.4 Å². The summed E-state index contributed by atoms with van der Waals surface area (Å²) in [7, 11) is 1.28. The number of nitro benzene ring substituents is 1. The van der Waals surface area contributed by atoms with Gasteiger partial charge in [-0.2, -0.15) is 5.26 Å². The van der Waals surface area contributed by atoms with Crippen LogP contribution in [0.2, 0.25) is 0 Å². The lowest BCUT2D eigenvalue weighted by Crippen LogP contribution is -2.28.